The predicted octanol–water partition coefficient (Wildman–Crippen LogP) is 3.06. The lowest BCUT2D eigenvalue weighted by Gasteiger charge is -2.37. The highest BCUT2D eigenvalue weighted by Crippen LogP contribution is 2.38. The van der Waals surface area contributed by atoms with Crippen LogP contribution in [0.1, 0.15) is 21.4 Å². The van der Waals surface area contributed by atoms with Crippen molar-refractivity contribution in [2.75, 3.05) is 11.4 Å². The van der Waals surface area contributed by atoms with Crippen LogP contribution in [0.15, 0.2) is 60.7 Å². The van der Waals surface area contributed by atoms with Crippen molar-refractivity contribution < 1.29 is 14.5 Å². The van der Waals surface area contributed by atoms with Gasteiger partial charge in [0.1, 0.15) is 6.17 Å². The van der Waals surface area contributed by atoms with E-state index in [4.69, 9.17) is 5.73 Å². The van der Waals surface area contributed by atoms with Crippen LogP contribution in [-0.4, -0.2) is 23.3 Å². The molecule has 0 fully saturated rings. The van der Waals surface area contributed by atoms with Gasteiger partial charge in [-0.25, -0.2) is 0 Å². The SMILES string of the molecule is NC(=O)CN1c2ccccc2C(=O)N[C@H]1c1ccc(-c2cccc([N+](=O)[O-])c2)s1. The maximum absolute atomic E-state index is 12.6. The third-order valence-corrected chi connectivity index (χ3v) is 5.79. The molecule has 0 aliphatic carbocycles. The van der Waals surface area contributed by atoms with Crippen LogP contribution in [0.3, 0.4) is 0 Å². The summed E-state index contributed by atoms with van der Waals surface area (Å²) in [4.78, 5) is 38.2. The zero-order valence-corrected chi connectivity index (χ0v) is 15.9. The summed E-state index contributed by atoms with van der Waals surface area (Å²) in [6.07, 6.45) is -0.567. The zero-order chi connectivity index (χ0) is 20.5. The molecule has 29 heavy (non-hydrogen) atoms. The van der Waals surface area contributed by atoms with E-state index in [9.17, 15) is 19.7 Å². The average Bonchev–Trinajstić information content (AvgIpc) is 3.20. The third kappa shape index (κ3) is 3.55. The maximum atomic E-state index is 12.6. The maximum Gasteiger partial charge on any atom is 0.270 e. The van der Waals surface area contributed by atoms with Gasteiger partial charge in [0.15, 0.2) is 0 Å². The van der Waals surface area contributed by atoms with Crippen molar-refractivity contribution in [3.63, 3.8) is 0 Å². The minimum atomic E-state index is -0.567. The van der Waals surface area contributed by atoms with Gasteiger partial charge >= 0.3 is 0 Å². The lowest BCUT2D eigenvalue weighted by atomic mass is 10.1. The molecule has 1 aliphatic rings. The molecular weight excluding hydrogens is 392 g/mol. The number of non-ortho nitro benzene ring substituents is 1. The molecule has 8 nitrogen and oxygen atoms in total. The van der Waals surface area contributed by atoms with E-state index in [1.165, 1.54) is 23.5 Å². The highest BCUT2D eigenvalue weighted by Gasteiger charge is 2.33. The number of carbonyl (C=O) groups excluding carboxylic acids is 2. The molecule has 9 heteroatoms. The number of anilines is 1. The van der Waals surface area contributed by atoms with Gasteiger partial charge in [0, 0.05) is 21.9 Å². The van der Waals surface area contributed by atoms with E-state index in [1.54, 1.807) is 41.3 Å². The second-order valence-corrected chi connectivity index (χ2v) is 7.61. The Hall–Kier alpha value is -3.72. The zero-order valence-electron chi connectivity index (χ0n) is 15.1. The Balaban J connectivity index is 1.72. The number of benzene rings is 2. The number of nitrogens with one attached hydrogen (secondary N) is 1. The number of hydrogen-bond donors (Lipinski definition) is 2. The molecule has 1 aromatic heterocycles. The first-order valence-electron chi connectivity index (χ1n) is 8.73. The van der Waals surface area contributed by atoms with Gasteiger partial charge < -0.3 is 16.0 Å². The van der Waals surface area contributed by atoms with Crippen molar-refractivity contribution in [3.05, 3.63) is 81.2 Å². The molecule has 2 aromatic carbocycles. The summed E-state index contributed by atoms with van der Waals surface area (Å²) < 4.78 is 0. The van der Waals surface area contributed by atoms with Gasteiger partial charge in [0.25, 0.3) is 11.6 Å². The number of nitrogens with zero attached hydrogens (tertiary/aromatic N) is 2. The number of rotatable bonds is 5. The van der Waals surface area contributed by atoms with Crippen LogP contribution in [0.5, 0.6) is 0 Å². The Labute approximate surface area is 169 Å². The average molecular weight is 408 g/mol. The minimum absolute atomic E-state index is 0.00713. The highest BCUT2D eigenvalue weighted by molar-refractivity contribution is 7.15. The van der Waals surface area contributed by atoms with Crippen LogP contribution in [0.4, 0.5) is 11.4 Å². The molecule has 3 aromatic rings. The van der Waals surface area contributed by atoms with E-state index in [0.717, 1.165) is 9.75 Å². The summed E-state index contributed by atoms with van der Waals surface area (Å²) >= 11 is 1.39. The van der Waals surface area contributed by atoms with Crippen LogP contribution in [-0.2, 0) is 4.79 Å². The summed E-state index contributed by atoms with van der Waals surface area (Å²) in [5.74, 6) is -0.756. The Bertz CT molecular complexity index is 1130. The second kappa shape index (κ2) is 7.36. The lowest BCUT2D eigenvalue weighted by Crippen LogP contribution is -2.49. The lowest BCUT2D eigenvalue weighted by molar-refractivity contribution is -0.384. The van der Waals surface area contributed by atoms with Gasteiger partial charge in [-0.15, -0.1) is 11.3 Å². The first-order chi connectivity index (χ1) is 13.9. The third-order valence-electron chi connectivity index (χ3n) is 4.60. The molecule has 2 heterocycles. The van der Waals surface area contributed by atoms with Crippen LogP contribution < -0.4 is 16.0 Å². The number of thiophene rings is 1. The molecule has 1 atom stereocenters. The summed E-state index contributed by atoms with van der Waals surface area (Å²) in [7, 11) is 0. The molecule has 0 radical (unpaired) electrons. The number of nitrogens with two attached hydrogens (primary N) is 1. The number of fused-ring (bicyclic) bond motifs is 1. The van der Waals surface area contributed by atoms with Gasteiger partial charge in [-0.3, -0.25) is 19.7 Å². The van der Waals surface area contributed by atoms with Crippen molar-refractivity contribution in [1.29, 1.82) is 0 Å². The number of nitro groups is 1. The monoisotopic (exact) mass is 408 g/mol. The predicted molar refractivity (Wildman–Crippen MR) is 110 cm³/mol. The number of hydrogen-bond acceptors (Lipinski definition) is 6. The quantitative estimate of drug-likeness (QED) is 0.497. The van der Waals surface area contributed by atoms with E-state index in [0.29, 0.717) is 16.8 Å². The fourth-order valence-electron chi connectivity index (χ4n) is 3.33. The van der Waals surface area contributed by atoms with E-state index < -0.39 is 17.0 Å². The molecule has 0 spiro atoms. The smallest absolute Gasteiger partial charge is 0.270 e. The van der Waals surface area contributed by atoms with E-state index >= 15 is 0 Å². The van der Waals surface area contributed by atoms with E-state index in [1.807, 2.05) is 12.1 Å². The molecule has 3 N–H and O–H groups in total. The topological polar surface area (TPSA) is 119 Å². The van der Waals surface area contributed by atoms with Crippen molar-refractivity contribution in [3.8, 4) is 10.4 Å². The van der Waals surface area contributed by atoms with Crippen LogP contribution in [0, 0.1) is 10.1 Å². The molecule has 0 saturated carbocycles. The molecule has 2 amide bonds. The fourth-order valence-corrected chi connectivity index (χ4v) is 4.40. The molecule has 146 valence electrons. The Morgan fingerprint density at radius 1 is 1.17 bits per heavy atom. The Kier molecular flexibility index (Phi) is 4.73. The molecule has 4 rings (SSSR count). The van der Waals surface area contributed by atoms with Gasteiger partial charge in [0.05, 0.1) is 22.7 Å². The first kappa shape index (κ1) is 18.6. The Morgan fingerprint density at radius 2 is 1.97 bits per heavy atom. The minimum Gasteiger partial charge on any atom is -0.368 e. The van der Waals surface area contributed by atoms with Crippen molar-refractivity contribution in [1.82, 2.24) is 5.32 Å². The Morgan fingerprint density at radius 3 is 2.72 bits per heavy atom. The first-order valence-corrected chi connectivity index (χ1v) is 9.55. The molecule has 0 bridgehead atoms. The van der Waals surface area contributed by atoms with Crippen LogP contribution >= 0.6 is 11.3 Å². The number of primary amides is 1. The normalized spacial score (nSPS) is 15.5. The highest BCUT2D eigenvalue weighted by atomic mass is 32.1. The van der Waals surface area contributed by atoms with Gasteiger partial charge in [-0.2, -0.15) is 0 Å². The number of nitro benzene ring substituents is 1. The molecule has 0 saturated heterocycles. The summed E-state index contributed by atoms with van der Waals surface area (Å²) in [5.41, 5.74) is 7.26. The summed E-state index contributed by atoms with van der Waals surface area (Å²) in [6.45, 7) is -0.0635. The summed E-state index contributed by atoms with van der Waals surface area (Å²) in [6, 6.07) is 17.1. The standard InChI is InChI=1S/C20H16N4O4S/c21-18(25)11-23-15-7-2-1-6-14(15)20(26)22-19(23)17-9-8-16(29-17)12-4-3-5-13(10-12)24(27)28/h1-10,19H,11H2,(H2,21,25)(H,22,26)/t19-/m1/s1. The van der Waals surface area contributed by atoms with Gasteiger partial charge in [-0.05, 0) is 29.8 Å². The molecular formula is C20H16N4O4S. The molecule has 1 aliphatic heterocycles. The number of amides is 2. The van der Waals surface area contributed by atoms with Gasteiger partial charge in [0.2, 0.25) is 5.91 Å². The second-order valence-electron chi connectivity index (χ2n) is 6.50. The van der Waals surface area contributed by atoms with Crippen molar-refractivity contribution in [2.45, 2.75) is 6.17 Å². The fraction of sp³-hybridized carbons (Fsp3) is 0.100. The van der Waals surface area contributed by atoms with Gasteiger partial charge in [-0.1, -0.05) is 24.3 Å². The largest absolute Gasteiger partial charge is 0.368 e. The molecule has 0 unspecified atom stereocenters. The summed E-state index contributed by atoms with van der Waals surface area (Å²) in [5, 5.41) is 14.0. The van der Waals surface area contributed by atoms with E-state index in [2.05, 4.69) is 5.32 Å². The van der Waals surface area contributed by atoms with Crippen LogP contribution in [0.2, 0.25) is 0 Å². The van der Waals surface area contributed by atoms with Crippen LogP contribution in [0.25, 0.3) is 10.4 Å². The number of para-hydroxylation sites is 1. The number of carbonyl (C=O) groups is 2. The van der Waals surface area contributed by atoms with Crippen molar-refractivity contribution >= 4 is 34.5 Å². The van der Waals surface area contributed by atoms with Crippen molar-refractivity contribution in [2.24, 2.45) is 5.73 Å². The van der Waals surface area contributed by atoms with E-state index in [-0.39, 0.29) is 18.1 Å².